The van der Waals surface area contributed by atoms with Crippen LogP contribution in [0.1, 0.15) is 11.1 Å². The molecule has 4 aromatic rings. The second-order valence-corrected chi connectivity index (χ2v) is 7.30. The van der Waals surface area contributed by atoms with Gasteiger partial charge in [-0.3, -0.25) is 4.79 Å². The topological polar surface area (TPSA) is 29.5 Å². The van der Waals surface area contributed by atoms with Crippen molar-refractivity contribution in [3.8, 4) is 16.9 Å². The summed E-state index contributed by atoms with van der Waals surface area (Å²) in [5.41, 5.74) is 7.82. The molecule has 4 rings (SSSR count). The van der Waals surface area contributed by atoms with Crippen molar-refractivity contribution in [2.24, 2.45) is 0 Å². The molecule has 0 aliphatic rings. The molecular formula is C27H23NO2. The number of aryl methyl sites for hydroxylation is 2. The number of carbonyl (C=O) groups excluding carboxylic acids is 1. The highest BCUT2D eigenvalue weighted by molar-refractivity contribution is 5.78. The molecule has 0 aromatic heterocycles. The van der Waals surface area contributed by atoms with Gasteiger partial charge >= 0.3 is 0 Å². The number of anilines is 3. The van der Waals surface area contributed by atoms with Gasteiger partial charge in [-0.2, -0.15) is 0 Å². The molecule has 148 valence electrons. The van der Waals surface area contributed by atoms with Crippen LogP contribution in [0.5, 0.6) is 5.75 Å². The molecule has 0 aliphatic carbocycles. The summed E-state index contributed by atoms with van der Waals surface area (Å²) in [6, 6.07) is 33.0. The van der Waals surface area contributed by atoms with E-state index in [4.69, 9.17) is 4.74 Å². The van der Waals surface area contributed by atoms with Crippen molar-refractivity contribution >= 4 is 23.5 Å². The van der Waals surface area contributed by atoms with Crippen LogP contribution in [-0.4, -0.2) is 6.47 Å². The molecular weight excluding hydrogens is 370 g/mol. The average Bonchev–Trinajstić information content (AvgIpc) is 2.77. The molecule has 30 heavy (non-hydrogen) atoms. The van der Waals surface area contributed by atoms with E-state index in [1.165, 1.54) is 11.1 Å². The highest BCUT2D eigenvalue weighted by Gasteiger charge is 2.12. The Hall–Kier alpha value is -3.85. The van der Waals surface area contributed by atoms with Crippen LogP contribution in [0.2, 0.25) is 0 Å². The van der Waals surface area contributed by atoms with Crippen LogP contribution < -0.4 is 9.64 Å². The lowest BCUT2D eigenvalue weighted by molar-refractivity contribution is -0.120. The summed E-state index contributed by atoms with van der Waals surface area (Å²) in [6.45, 7) is 4.64. The maximum Gasteiger partial charge on any atom is 0.298 e. The minimum atomic E-state index is 0.448. The van der Waals surface area contributed by atoms with Crippen molar-refractivity contribution in [3.63, 3.8) is 0 Å². The van der Waals surface area contributed by atoms with Crippen molar-refractivity contribution in [3.05, 3.63) is 108 Å². The molecule has 0 unspecified atom stereocenters. The normalized spacial score (nSPS) is 10.5. The number of nitrogens with zero attached hydrogens (tertiary/aromatic N) is 1. The highest BCUT2D eigenvalue weighted by Crippen LogP contribution is 2.36. The van der Waals surface area contributed by atoms with Gasteiger partial charge in [0.25, 0.3) is 6.47 Å². The van der Waals surface area contributed by atoms with E-state index in [0.29, 0.717) is 12.2 Å². The molecule has 3 nitrogen and oxygen atoms in total. The largest absolute Gasteiger partial charge is 0.429 e. The Balaban J connectivity index is 1.72. The standard InChI is InChI=1S/C27H23NO2/c1-20-6-12-24(13-7-20)28(25-14-8-21(2)9-15-25)26-16-10-22(11-17-26)23-4-3-5-27(18-23)30-19-29/h3-19H,1-2H3. The van der Waals surface area contributed by atoms with Gasteiger partial charge in [-0.25, -0.2) is 0 Å². The van der Waals surface area contributed by atoms with Crippen molar-refractivity contribution in [1.82, 2.24) is 0 Å². The minimum Gasteiger partial charge on any atom is -0.429 e. The van der Waals surface area contributed by atoms with Crippen LogP contribution in [0.3, 0.4) is 0 Å². The summed E-state index contributed by atoms with van der Waals surface area (Å²) in [5.74, 6) is 0.535. The average molecular weight is 393 g/mol. The number of rotatable bonds is 6. The van der Waals surface area contributed by atoms with E-state index in [2.05, 4.69) is 91.5 Å². The van der Waals surface area contributed by atoms with Gasteiger partial charge in [0.15, 0.2) is 0 Å². The fourth-order valence-electron chi connectivity index (χ4n) is 3.44. The number of benzene rings is 4. The fourth-order valence-corrected chi connectivity index (χ4v) is 3.44. The lowest BCUT2D eigenvalue weighted by Crippen LogP contribution is -2.09. The van der Waals surface area contributed by atoms with Gasteiger partial charge < -0.3 is 9.64 Å². The first-order chi connectivity index (χ1) is 14.6. The summed E-state index contributed by atoms with van der Waals surface area (Å²) in [5, 5.41) is 0. The zero-order chi connectivity index (χ0) is 20.9. The number of hydrogen-bond acceptors (Lipinski definition) is 3. The predicted molar refractivity (Wildman–Crippen MR) is 123 cm³/mol. The van der Waals surface area contributed by atoms with E-state index in [9.17, 15) is 4.79 Å². The van der Waals surface area contributed by atoms with E-state index in [-0.39, 0.29) is 0 Å². The van der Waals surface area contributed by atoms with Crippen LogP contribution in [0, 0.1) is 13.8 Å². The van der Waals surface area contributed by atoms with Crippen molar-refractivity contribution in [2.45, 2.75) is 13.8 Å². The quantitative estimate of drug-likeness (QED) is 0.331. The Morgan fingerprint density at radius 2 is 1.13 bits per heavy atom. The molecule has 0 spiro atoms. The number of hydrogen-bond donors (Lipinski definition) is 0. The van der Waals surface area contributed by atoms with Gasteiger partial charge in [0.1, 0.15) is 5.75 Å². The molecule has 0 amide bonds. The zero-order valence-electron chi connectivity index (χ0n) is 17.1. The van der Waals surface area contributed by atoms with Crippen LogP contribution in [0.15, 0.2) is 97.1 Å². The maximum atomic E-state index is 10.6. The summed E-state index contributed by atoms with van der Waals surface area (Å²) in [7, 11) is 0. The molecule has 0 saturated carbocycles. The molecule has 0 atom stereocenters. The third-order valence-electron chi connectivity index (χ3n) is 5.06. The van der Waals surface area contributed by atoms with Crippen molar-refractivity contribution in [1.29, 1.82) is 0 Å². The highest BCUT2D eigenvalue weighted by atomic mass is 16.5. The Morgan fingerprint density at radius 3 is 1.63 bits per heavy atom. The molecule has 0 aliphatic heterocycles. The number of carbonyl (C=O) groups is 1. The van der Waals surface area contributed by atoms with Crippen LogP contribution in [0.25, 0.3) is 11.1 Å². The molecule has 3 heteroatoms. The summed E-state index contributed by atoms with van der Waals surface area (Å²) < 4.78 is 4.98. The molecule has 0 bridgehead atoms. The van der Waals surface area contributed by atoms with Gasteiger partial charge in [-0.15, -0.1) is 0 Å². The summed E-state index contributed by atoms with van der Waals surface area (Å²) in [6.07, 6.45) is 0. The smallest absolute Gasteiger partial charge is 0.298 e. The van der Waals surface area contributed by atoms with Crippen molar-refractivity contribution < 1.29 is 9.53 Å². The van der Waals surface area contributed by atoms with E-state index in [1.54, 1.807) is 6.07 Å². The first kappa shape index (κ1) is 19.5. The Bertz CT molecular complexity index is 1090. The maximum absolute atomic E-state index is 10.6. The van der Waals surface area contributed by atoms with E-state index < -0.39 is 0 Å². The van der Waals surface area contributed by atoms with Crippen LogP contribution in [-0.2, 0) is 4.79 Å². The minimum absolute atomic E-state index is 0.448. The third-order valence-corrected chi connectivity index (χ3v) is 5.06. The van der Waals surface area contributed by atoms with Gasteiger partial charge in [0, 0.05) is 17.1 Å². The van der Waals surface area contributed by atoms with Crippen LogP contribution in [0.4, 0.5) is 17.1 Å². The Labute approximate surface area is 177 Å². The second kappa shape index (κ2) is 8.66. The van der Waals surface area contributed by atoms with Crippen LogP contribution >= 0.6 is 0 Å². The van der Waals surface area contributed by atoms with E-state index >= 15 is 0 Å². The number of ether oxygens (including phenoxy) is 1. The van der Waals surface area contributed by atoms with Gasteiger partial charge in [-0.1, -0.05) is 59.7 Å². The first-order valence-corrected chi connectivity index (χ1v) is 9.88. The summed E-state index contributed by atoms with van der Waals surface area (Å²) >= 11 is 0. The van der Waals surface area contributed by atoms with Crippen molar-refractivity contribution in [2.75, 3.05) is 4.90 Å². The zero-order valence-corrected chi connectivity index (χ0v) is 17.1. The second-order valence-electron chi connectivity index (χ2n) is 7.30. The first-order valence-electron chi connectivity index (χ1n) is 9.88. The molecule has 4 aromatic carbocycles. The third kappa shape index (κ3) is 4.26. The predicted octanol–water partition coefficient (Wildman–Crippen LogP) is 6.98. The van der Waals surface area contributed by atoms with Gasteiger partial charge in [0.2, 0.25) is 0 Å². The lowest BCUT2D eigenvalue weighted by Gasteiger charge is -2.26. The van der Waals surface area contributed by atoms with Gasteiger partial charge in [-0.05, 0) is 73.5 Å². The SMILES string of the molecule is Cc1ccc(N(c2ccc(C)cc2)c2ccc(-c3cccc(OC=O)c3)cc2)cc1. The molecule has 0 fully saturated rings. The molecule has 0 heterocycles. The molecule has 0 N–H and O–H groups in total. The Kier molecular flexibility index (Phi) is 5.62. The fraction of sp³-hybridized carbons (Fsp3) is 0.0741. The molecule has 0 radical (unpaired) electrons. The van der Waals surface area contributed by atoms with Gasteiger partial charge in [0.05, 0.1) is 0 Å². The lowest BCUT2D eigenvalue weighted by atomic mass is 10.0. The van der Waals surface area contributed by atoms with E-state index in [0.717, 1.165) is 28.2 Å². The monoisotopic (exact) mass is 393 g/mol. The molecule has 0 saturated heterocycles. The van der Waals surface area contributed by atoms with E-state index in [1.807, 2.05) is 18.2 Å². The summed E-state index contributed by atoms with van der Waals surface area (Å²) in [4.78, 5) is 12.9. The Morgan fingerprint density at radius 1 is 0.633 bits per heavy atom.